The van der Waals surface area contributed by atoms with Crippen LogP contribution in [0.5, 0.6) is 0 Å². The van der Waals surface area contributed by atoms with Gasteiger partial charge in [-0.15, -0.1) is 0 Å². The minimum absolute atomic E-state index is 0.177. The second kappa shape index (κ2) is 8.20. The molecule has 1 fully saturated rings. The second-order valence-electron chi connectivity index (χ2n) is 5.21. The molecule has 0 saturated heterocycles. The van der Waals surface area contributed by atoms with Gasteiger partial charge in [-0.1, -0.05) is 11.6 Å². The number of nitrogens with zero attached hydrogens (tertiary/aromatic N) is 1. The van der Waals surface area contributed by atoms with Gasteiger partial charge in [-0.2, -0.15) is 0 Å². The van der Waals surface area contributed by atoms with Crippen LogP contribution >= 0.6 is 11.6 Å². The van der Waals surface area contributed by atoms with Crippen LogP contribution in [-0.4, -0.2) is 37.2 Å². The zero-order valence-electron chi connectivity index (χ0n) is 12.3. The Labute approximate surface area is 130 Å². The van der Waals surface area contributed by atoms with Crippen molar-refractivity contribution in [3.05, 3.63) is 22.8 Å². The summed E-state index contributed by atoms with van der Waals surface area (Å²) in [6, 6.07) is 1.67. The SMILES string of the molecule is CCNc1cc(C(=O)NCCCOCC2CC2)c(Cl)cn1. The lowest BCUT2D eigenvalue weighted by Gasteiger charge is -2.09. The minimum Gasteiger partial charge on any atom is -0.381 e. The largest absolute Gasteiger partial charge is 0.381 e. The average molecular weight is 312 g/mol. The van der Waals surface area contributed by atoms with E-state index < -0.39 is 0 Å². The van der Waals surface area contributed by atoms with E-state index in [4.69, 9.17) is 16.3 Å². The number of ether oxygens (including phenoxy) is 1. The molecule has 0 unspecified atom stereocenters. The van der Waals surface area contributed by atoms with E-state index in [-0.39, 0.29) is 5.91 Å². The topological polar surface area (TPSA) is 63.2 Å². The van der Waals surface area contributed by atoms with E-state index in [0.29, 0.717) is 29.6 Å². The zero-order chi connectivity index (χ0) is 15.1. The number of aromatic nitrogens is 1. The average Bonchev–Trinajstić information content (AvgIpc) is 3.29. The van der Waals surface area contributed by atoms with Crippen LogP contribution in [0.15, 0.2) is 12.3 Å². The van der Waals surface area contributed by atoms with Crippen molar-refractivity contribution in [1.29, 1.82) is 0 Å². The monoisotopic (exact) mass is 311 g/mol. The van der Waals surface area contributed by atoms with E-state index in [2.05, 4.69) is 15.6 Å². The van der Waals surface area contributed by atoms with Crippen molar-refractivity contribution in [2.45, 2.75) is 26.2 Å². The molecule has 2 N–H and O–H groups in total. The number of carbonyl (C=O) groups excluding carboxylic acids is 1. The van der Waals surface area contributed by atoms with Gasteiger partial charge < -0.3 is 15.4 Å². The summed E-state index contributed by atoms with van der Waals surface area (Å²) < 4.78 is 5.52. The van der Waals surface area contributed by atoms with Gasteiger partial charge >= 0.3 is 0 Å². The Kier molecular flexibility index (Phi) is 6.26. The molecule has 1 aromatic rings. The minimum atomic E-state index is -0.177. The van der Waals surface area contributed by atoms with Gasteiger partial charge in [-0.3, -0.25) is 4.79 Å². The van der Waals surface area contributed by atoms with Crippen molar-refractivity contribution in [3.8, 4) is 0 Å². The highest BCUT2D eigenvalue weighted by atomic mass is 35.5. The number of amides is 1. The molecule has 0 bridgehead atoms. The number of nitrogens with one attached hydrogen (secondary N) is 2. The van der Waals surface area contributed by atoms with Crippen LogP contribution in [-0.2, 0) is 4.74 Å². The molecular formula is C15H22ClN3O2. The Bertz CT molecular complexity index is 478. The quantitative estimate of drug-likeness (QED) is 0.688. The predicted octanol–water partition coefficient (Wildman–Crippen LogP) is 2.71. The summed E-state index contributed by atoms with van der Waals surface area (Å²) in [5.74, 6) is 1.25. The molecule has 21 heavy (non-hydrogen) atoms. The van der Waals surface area contributed by atoms with E-state index in [9.17, 15) is 4.79 Å². The normalized spacial score (nSPS) is 14.0. The summed E-state index contributed by atoms with van der Waals surface area (Å²) in [5, 5.41) is 6.27. The Morgan fingerprint density at radius 3 is 3.05 bits per heavy atom. The van der Waals surface area contributed by atoms with Gasteiger partial charge in [0.25, 0.3) is 5.91 Å². The maximum Gasteiger partial charge on any atom is 0.252 e. The maximum absolute atomic E-state index is 12.1. The first-order valence-electron chi connectivity index (χ1n) is 7.46. The van der Waals surface area contributed by atoms with E-state index in [1.807, 2.05) is 6.92 Å². The third-order valence-corrected chi connectivity index (χ3v) is 3.56. The van der Waals surface area contributed by atoms with E-state index in [0.717, 1.165) is 25.5 Å². The van der Waals surface area contributed by atoms with Crippen molar-refractivity contribution >= 4 is 23.3 Å². The number of hydrogen-bond donors (Lipinski definition) is 2. The first kappa shape index (κ1) is 16.0. The van der Waals surface area contributed by atoms with Crippen LogP contribution in [0.1, 0.15) is 36.5 Å². The van der Waals surface area contributed by atoms with Crippen molar-refractivity contribution in [2.24, 2.45) is 5.92 Å². The first-order valence-corrected chi connectivity index (χ1v) is 7.84. The number of anilines is 1. The second-order valence-corrected chi connectivity index (χ2v) is 5.61. The van der Waals surface area contributed by atoms with Crippen LogP contribution in [0.2, 0.25) is 5.02 Å². The number of hydrogen-bond acceptors (Lipinski definition) is 4. The Balaban J connectivity index is 1.72. The van der Waals surface area contributed by atoms with Crippen LogP contribution in [0, 0.1) is 5.92 Å². The fraction of sp³-hybridized carbons (Fsp3) is 0.600. The Morgan fingerprint density at radius 2 is 2.33 bits per heavy atom. The van der Waals surface area contributed by atoms with Crippen LogP contribution in [0.4, 0.5) is 5.82 Å². The Hall–Kier alpha value is -1.33. The molecule has 0 atom stereocenters. The number of halogens is 1. The number of pyridine rings is 1. The molecule has 1 saturated carbocycles. The highest BCUT2D eigenvalue weighted by Crippen LogP contribution is 2.28. The van der Waals surface area contributed by atoms with Gasteiger partial charge in [0, 0.05) is 32.5 Å². The first-order chi connectivity index (χ1) is 10.2. The van der Waals surface area contributed by atoms with Gasteiger partial charge in [-0.05, 0) is 38.2 Å². The van der Waals surface area contributed by atoms with Crippen molar-refractivity contribution in [1.82, 2.24) is 10.3 Å². The molecule has 6 heteroatoms. The lowest BCUT2D eigenvalue weighted by atomic mass is 10.2. The van der Waals surface area contributed by atoms with E-state index >= 15 is 0 Å². The van der Waals surface area contributed by atoms with Crippen molar-refractivity contribution in [3.63, 3.8) is 0 Å². The summed E-state index contributed by atoms with van der Waals surface area (Å²) in [6.45, 7) is 4.84. The summed E-state index contributed by atoms with van der Waals surface area (Å²) in [4.78, 5) is 16.2. The van der Waals surface area contributed by atoms with Crippen LogP contribution < -0.4 is 10.6 Å². The Morgan fingerprint density at radius 1 is 1.52 bits per heavy atom. The lowest BCUT2D eigenvalue weighted by Crippen LogP contribution is -2.26. The fourth-order valence-electron chi connectivity index (χ4n) is 1.90. The van der Waals surface area contributed by atoms with Gasteiger partial charge in [0.15, 0.2) is 0 Å². The van der Waals surface area contributed by atoms with Crippen molar-refractivity contribution in [2.75, 3.05) is 31.6 Å². The molecule has 1 aliphatic rings. The standard InChI is InChI=1S/C15H22ClN3O2/c1-2-17-14-8-12(13(16)9-19-14)15(20)18-6-3-7-21-10-11-4-5-11/h8-9,11H,2-7,10H2,1H3,(H,17,19)(H,18,20). The molecule has 116 valence electrons. The third-order valence-electron chi connectivity index (χ3n) is 3.26. The molecule has 1 aliphatic carbocycles. The molecule has 0 radical (unpaired) electrons. The molecular weight excluding hydrogens is 290 g/mol. The van der Waals surface area contributed by atoms with Gasteiger partial charge in [-0.25, -0.2) is 4.98 Å². The summed E-state index contributed by atoms with van der Waals surface area (Å²) in [6.07, 6.45) is 4.89. The number of rotatable bonds is 9. The molecule has 2 rings (SSSR count). The predicted molar refractivity (Wildman–Crippen MR) is 83.9 cm³/mol. The molecule has 1 amide bonds. The summed E-state index contributed by atoms with van der Waals surface area (Å²) in [7, 11) is 0. The molecule has 0 spiro atoms. The van der Waals surface area contributed by atoms with Crippen LogP contribution in [0.3, 0.4) is 0 Å². The van der Waals surface area contributed by atoms with E-state index in [1.165, 1.54) is 19.0 Å². The smallest absolute Gasteiger partial charge is 0.252 e. The molecule has 0 aromatic carbocycles. The molecule has 1 aromatic heterocycles. The zero-order valence-corrected chi connectivity index (χ0v) is 13.1. The molecule has 1 heterocycles. The lowest BCUT2D eigenvalue weighted by molar-refractivity contribution is 0.0937. The fourth-order valence-corrected chi connectivity index (χ4v) is 2.09. The summed E-state index contributed by atoms with van der Waals surface area (Å²) >= 11 is 6.02. The van der Waals surface area contributed by atoms with Crippen molar-refractivity contribution < 1.29 is 9.53 Å². The van der Waals surface area contributed by atoms with Gasteiger partial charge in [0.2, 0.25) is 0 Å². The molecule has 0 aliphatic heterocycles. The highest BCUT2D eigenvalue weighted by molar-refractivity contribution is 6.33. The van der Waals surface area contributed by atoms with E-state index in [1.54, 1.807) is 6.07 Å². The maximum atomic E-state index is 12.1. The highest BCUT2D eigenvalue weighted by Gasteiger charge is 2.20. The van der Waals surface area contributed by atoms with Gasteiger partial charge in [0.05, 0.1) is 10.6 Å². The molecule has 5 nitrogen and oxygen atoms in total. The van der Waals surface area contributed by atoms with Crippen LogP contribution in [0.25, 0.3) is 0 Å². The van der Waals surface area contributed by atoms with Gasteiger partial charge in [0.1, 0.15) is 5.82 Å². The number of carbonyl (C=O) groups is 1. The summed E-state index contributed by atoms with van der Waals surface area (Å²) in [5.41, 5.74) is 0.446. The third kappa shape index (κ3) is 5.52.